The number of nitrogens with zero attached hydrogens (tertiary/aromatic N) is 2. The van der Waals surface area contributed by atoms with E-state index in [2.05, 4.69) is 5.32 Å². The molecule has 6 heteroatoms. The van der Waals surface area contributed by atoms with Gasteiger partial charge in [-0.1, -0.05) is 48.5 Å². The SMILES string of the molecule is Cc1c(-c2c(NC(C)c3ccccc3)c(=O)c2=O)c(=O)n(-c2ccccc2)n1C. The molecule has 4 aromatic rings. The Labute approximate surface area is 167 Å². The molecule has 0 amide bonds. The molecule has 0 aliphatic carbocycles. The minimum atomic E-state index is -0.626. The van der Waals surface area contributed by atoms with Gasteiger partial charge in [-0.25, -0.2) is 4.68 Å². The zero-order valence-corrected chi connectivity index (χ0v) is 16.5. The molecule has 6 nitrogen and oxygen atoms in total. The van der Waals surface area contributed by atoms with Gasteiger partial charge in [0, 0.05) is 18.8 Å². The van der Waals surface area contributed by atoms with Crippen LogP contribution in [-0.2, 0) is 7.05 Å². The van der Waals surface area contributed by atoms with Gasteiger partial charge in [-0.05, 0) is 31.5 Å². The van der Waals surface area contributed by atoms with Crippen LogP contribution in [0.4, 0.5) is 5.69 Å². The number of hydrogen-bond acceptors (Lipinski definition) is 4. The quantitative estimate of drug-likeness (QED) is 0.535. The van der Waals surface area contributed by atoms with Crippen LogP contribution < -0.4 is 21.7 Å². The molecule has 1 aromatic heterocycles. The van der Waals surface area contributed by atoms with Crippen molar-refractivity contribution >= 4 is 5.69 Å². The largest absolute Gasteiger partial charge is 0.375 e. The normalized spacial score (nSPS) is 12.2. The lowest BCUT2D eigenvalue weighted by Gasteiger charge is -2.19. The van der Waals surface area contributed by atoms with E-state index in [1.807, 2.05) is 67.6 Å². The van der Waals surface area contributed by atoms with Crippen LogP contribution in [0.5, 0.6) is 0 Å². The molecule has 0 bridgehead atoms. The average molecular weight is 387 g/mol. The molecule has 0 saturated heterocycles. The fourth-order valence-electron chi connectivity index (χ4n) is 3.67. The summed E-state index contributed by atoms with van der Waals surface area (Å²) in [5.74, 6) is 0. The maximum absolute atomic E-state index is 13.2. The Bertz CT molecular complexity index is 1310. The number of hydrogen-bond donors (Lipinski definition) is 1. The van der Waals surface area contributed by atoms with Gasteiger partial charge >= 0.3 is 0 Å². The van der Waals surface area contributed by atoms with E-state index in [0.717, 1.165) is 5.56 Å². The van der Waals surface area contributed by atoms with Gasteiger partial charge < -0.3 is 5.32 Å². The van der Waals surface area contributed by atoms with Crippen molar-refractivity contribution in [3.8, 4) is 16.8 Å². The molecule has 146 valence electrons. The van der Waals surface area contributed by atoms with Crippen molar-refractivity contribution in [1.29, 1.82) is 0 Å². The summed E-state index contributed by atoms with van der Waals surface area (Å²) in [6.07, 6.45) is 0. The van der Waals surface area contributed by atoms with Gasteiger partial charge in [0.1, 0.15) is 0 Å². The van der Waals surface area contributed by atoms with Crippen molar-refractivity contribution in [2.45, 2.75) is 19.9 Å². The first-order chi connectivity index (χ1) is 13.9. The van der Waals surface area contributed by atoms with Crippen molar-refractivity contribution in [2.24, 2.45) is 7.05 Å². The molecule has 29 heavy (non-hydrogen) atoms. The highest BCUT2D eigenvalue weighted by atomic mass is 16.2. The topological polar surface area (TPSA) is 73.1 Å². The minimum absolute atomic E-state index is 0.172. The second-order valence-corrected chi connectivity index (χ2v) is 7.12. The van der Waals surface area contributed by atoms with E-state index >= 15 is 0 Å². The molecule has 0 radical (unpaired) electrons. The fraction of sp³-hybridized carbons (Fsp3) is 0.174. The molecule has 1 atom stereocenters. The molecule has 0 saturated carbocycles. The van der Waals surface area contributed by atoms with Gasteiger partial charge in [-0.15, -0.1) is 0 Å². The van der Waals surface area contributed by atoms with Gasteiger partial charge in [-0.3, -0.25) is 19.1 Å². The summed E-state index contributed by atoms with van der Waals surface area (Å²) in [7, 11) is 1.76. The molecule has 1 unspecified atom stereocenters. The lowest BCUT2D eigenvalue weighted by molar-refractivity contribution is 0.630. The number of benzene rings is 2. The highest BCUT2D eigenvalue weighted by molar-refractivity contribution is 5.83. The highest BCUT2D eigenvalue weighted by Crippen LogP contribution is 2.28. The first-order valence-corrected chi connectivity index (χ1v) is 9.41. The number of para-hydroxylation sites is 1. The van der Waals surface area contributed by atoms with E-state index in [-0.39, 0.29) is 28.4 Å². The van der Waals surface area contributed by atoms with E-state index < -0.39 is 10.9 Å². The van der Waals surface area contributed by atoms with Crippen molar-refractivity contribution in [1.82, 2.24) is 9.36 Å². The average Bonchev–Trinajstić information content (AvgIpc) is 2.97. The summed E-state index contributed by atoms with van der Waals surface area (Å²) in [5, 5.41) is 3.14. The zero-order chi connectivity index (χ0) is 20.7. The summed E-state index contributed by atoms with van der Waals surface area (Å²) < 4.78 is 3.21. The molecule has 0 fully saturated rings. The van der Waals surface area contributed by atoms with Crippen LogP contribution in [0, 0.1) is 6.92 Å². The van der Waals surface area contributed by atoms with Gasteiger partial charge in [0.25, 0.3) is 5.56 Å². The van der Waals surface area contributed by atoms with E-state index in [9.17, 15) is 14.4 Å². The van der Waals surface area contributed by atoms with Gasteiger partial charge in [-0.2, -0.15) is 0 Å². The minimum Gasteiger partial charge on any atom is -0.375 e. The molecule has 4 rings (SSSR count). The Morgan fingerprint density at radius 2 is 1.41 bits per heavy atom. The smallest absolute Gasteiger partial charge is 0.279 e. The van der Waals surface area contributed by atoms with Crippen LogP contribution >= 0.6 is 0 Å². The van der Waals surface area contributed by atoms with Crippen LogP contribution in [-0.4, -0.2) is 9.36 Å². The third-order valence-corrected chi connectivity index (χ3v) is 5.37. The predicted molar refractivity (Wildman–Crippen MR) is 115 cm³/mol. The van der Waals surface area contributed by atoms with Gasteiger partial charge in [0.15, 0.2) is 0 Å². The third-order valence-electron chi connectivity index (χ3n) is 5.37. The fourth-order valence-corrected chi connectivity index (χ4v) is 3.67. The first-order valence-electron chi connectivity index (χ1n) is 9.41. The summed E-state index contributed by atoms with van der Waals surface area (Å²) in [6, 6.07) is 18.6. The second kappa shape index (κ2) is 7.05. The number of rotatable bonds is 5. The summed E-state index contributed by atoms with van der Waals surface area (Å²) >= 11 is 0. The van der Waals surface area contributed by atoms with Crippen molar-refractivity contribution in [3.05, 3.63) is 103 Å². The maximum atomic E-state index is 13.2. The van der Waals surface area contributed by atoms with E-state index in [1.165, 1.54) is 4.68 Å². The third kappa shape index (κ3) is 2.93. The molecular weight excluding hydrogens is 366 g/mol. The van der Waals surface area contributed by atoms with Gasteiger partial charge in [0.2, 0.25) is 10.9 Å². The van der Waals surface area contributed by atoms with Crippen LogP contribution in [0.2, 0.25) is 0 Å². The summed E-state index contributed by atoms with van der Waals surface area (Å²) in [6.45, 7) is 3.69. The first kappa shape index (κ1) is 18.7. The molecule has 0 aliphatic heterocycles. The standard InChI is InChI=1S/C23H21N3O3/c1-14(16-10-6-4-7-11-16)24-20-19(21(27)22(20)28)18-15(2)25(3)26(23(18)29)17-12-8-5-9-13-17/h4-14,24H,1-3H3. The van der Waals surface area contributed by atoms with Crippen molar-refractivity contribution < 1.29 is 0 Å². The highest BCUT2D eigenvalue weighted by Gasteiger charge is 2.30. The molecule has 1 heterocycles. The zero-order valence-electron chi connectivity index (χ0n) is 16.5. The molecular formula is C23H21N3O3. The van der Waals surface area contributed by atoms with Crippen LogP contribution in [0.15, 0.2) is 75.0 Å². The number of aromatic nitrogens is 2. The van der Waals surface area contributed by atoms with Crippen molar-refractivity contribution in [3.63, 3.8) is 0 Å². The number of nitrogens with one attached hydrogen (secondary N) is 1. The Morgan fingerprint density at radius 3 is 2.03 bits per heavy atom. The Morgan fingerprint density at radius 1 is 0.828 bits per heavy atom. The second-order valence-electron chi connectivity index (χ2n) is 7.12. The summed E-state index contributed by atoms with van der Waals surface area (Å²) in [4.78, 5) is 38.0. The lowest BCUT2D eigenvalue weighted by atomic mass is 9.97. The Balaban J connectivity index is 1.82. The van der Waals surface area contributed by atoms with Crippen molar-refractivity contribution in [2.75, 3.05) is 5.32 Å². The molecule has 3 aromatic carbocycles. The molecule has 0 aliphatic rings. The Hall–Kier alpha value is -3.67. The Kier molecular flexibility index (Phi) is 4.54. The summed E-state index contributed by atoms with van der Waals surface area (Å²) in [5.41, 5.74) is 1.42. The number of anilines is 1. The van der Waals surface area contributed by atoms with E-state index in [0.29, 0.717) is 11.4 Å². The van der Waals surface area contributed by atoms with E-state index in [1.54, 1.807) is 18.7 Å². The molecule has 0 spiro atoms. The van der Waals surface area contributed by atoms with Crippen LogP contribution in [0.1, 0.15) is 24.2 Å². The van der Waals surface area contributed by atoms with E-state index in [4.69, 9.17) is 0 Å². The lowest BCUT2D eigenvalue weighted by Crippen LogP contribution is -2.38. The molecule has 1 N–H and O–H groups in total. The predicted octanol–water partition coefficient (Wildman–Crippen LogP) is 2.92. The van der Waals surface area contributed by atoms with Crippen LogP contribution in [0.25, 0.3) is 16.8 Å². The monoisotopic (exact) mass is 387 g/mol. The maximum Gasteiger partial charge on any atom is 0.279 e. The van der Waals surface area contributed by atoms with Gasteiger partial charge in [0.05, 0.1) is 22.5 Å². The van der Waals surface area contributed by atoms with Crippen LogP contribution in [0.3, 0.4) is 0 Å².